The summed E-state index contributed by atoms with van der Waals surface area (Å²) in [7, 11) is 4.01. The summed E-state index contributed by atoms with van der Waals surface area (Å²) >= 11 is 5.84. The fourth-order valence-electron chi connectivity index (χ4n) is 1.82. The van der Waals surface area contributed by atoms with Gasteiger partial charge in [-0.3, -0.25) is 0 Å². The van der Waals surface area contributed by atoms with Gasteiger partial charge in [-0.1, -0.05) is 17.7 Å². The molecule has 5 nitrogen and oxygen atoms in total. The summed E-state index contributed by atoms with van der Waals surface area (Å²) in [5, 5.41) is 3.48. The maximum atomic E-state index is 5.84. The largest absolute Gasteiger partial charge is 0.377 e. The van der Waals surface area contributed by atoms with Gasteiger partial charge in [-0.2, -0.15) is 4.98 Å². The number of aryl methyl sites for hydroxylation is 1. The van der Waals surface area contributed by atoms with E-state index in [0.717, 1.165) is 11.4 Å². The van der Waals surface area contributed by atoms with Crippen molar-refractivity contribution < 1.29 is 0 Å². The molecule has 0 amide bonds. The SMILES string of the molecule is Cc1ccc(Nc2cc(Cl)nc(N)n2)cc1N(C)C. The average Bonchev–Trinajstić information content (AvgIpc) is 2.30. The number of hydrogen-bond donors (Lipinski definition) is 2. The van der Waals surface area contributed by atoms with Gasteiger partial charge < -0.3 is 16.0 Å². The minimum absolute atomic E-state index is 0.148. The Morgan fingerprint density at radius 2 is 1.95 bits per heavy atom. The average molecular weight is 278 g/mol. The van der Waals surface area contributed by atoms with E-state index in [2.05, 4.69) is 27.1 Å². The lowest BCUT2D eigenvalue weighted by atomic mass is 10.1. The highest BCUT2D eigenvalue weighted by Crippen LogP contribution is 2.25. The lowest BCUT2D eigenvalue weighted by molar-refractivity contribution is 1.11. The van der Waals surface area contributed by atoms with Gasteiger partial charge in [-0.15, -0.1) is 0 Å². The van der Waals surface area contributed by atoms with Crippen molar-refractivity contribution in [1.29, 1.82) is 0 Å². The molecule has 0 aliphatic carbocycles. The second-order valence-corrected chi connectivity index (χ2v) is 4.84. The van der Waals surface area contributed by atoms with Crippen LogP contribution in [0.4, 0.5) is 23.1 Å². The highest BCUT2D eigenvalue weighted by molar-refractivity contribution is 6.29. The van der Waals surface area contributed by atoms with E-state index >= 15 is 0 Å². The summed E-state index contributed by atoms with van der Waals surface area (Å²) in [6, 6.07) is 7.70. The van der Waals surface area contributed by atoms with Gasteiger partial charge in [-0.05, 0) is 24.6 Å². The molecule has 0 aliphatic heterocycles. The van der Waals surface area contributed by atoms with Crippen molar-refractivity contribution in [2.45, 2.75) is 6.92 Å². The molecule has 1 aromatic heterocycles. The molecule has 0 fully saturated rings. The van der Waals surface area contributed by atoms with E-state index in [0.29, 0.717) is 11.0 Å². The number of anilines is 4. The monoisotopic (exact) mass is 277 g/mol. The van der Waals surface area contributed by atoms with E-state index in [9.17, 15) is 0 Å². The molecule has 3 N–H and O–H groups in total. The van der Waals surface area contributed by atoms with Crippen LogP contribution in [0, 0.1) is 6.92 Å². The summed E-state index contributed by atoms with van der Waals surface area (Å²) in [5.41, 5.74) is 8.82. The molecular weight excluding hydrogens is 262 g/mol. The Labute approximate surface area is 117 Å². The zero-order chi connectivity index (χ0) is 14.0. The second kappa shape index (κ2) is 5.32. The molecule has 1 heterocycles. The zero-order valence-electron chi connectivity index (χ0n) is 11.1. The van der Waals surface area contributed by atoms with Crippen LogP contribution in [0.1, 0.15) is 5.56 Å². The van der Waals surface area contributed by atoms with Crippen molar-refractivity contribution in [2.24, 2.45) is 0 Å². The Morgan fingerprint density at radius 1 is 1.21 bits per heavy atom. The standard InChI is InChI=1S/C13H16ClN5/c1-8-4-5-9(6-10(8)19(2)3)16-12-7-11(14)17-13(15)18-12/h4-7H,1-3H3,(H3,15,16,17,18). The predicted octanol–water partition coefficient (Wildman–Crippen LogP) is 2.83. The number of benzene rings is 1. The van der Waals surface area contributed by atoms with Crippen LogP contribution in [0.2, 0.25) is 5.15 Å². The van der Waals surface area contributed by atoms with Gasteiger partial charge in [0.15, 0.2) is 0 Å². The Hall–Kier alpha value is -2.01. The fraction of sp³-hybridized carbons (Fsp3) is 0.231. The number of nitrogens with two attached hydrogens (primary N) is 1. The number of nitrogens with one attached hydrogen (secondary N) is 1. The van der Waals surface area contributed by atoms with Crippen LogP contribution in [0.3, 0.4) is 0 Å². The van der Waals surface area contributed by atoms with Crippen LogP contribution in [0.5, 0.6) is 0 Å². The maximum absolute atomic E-state index is 5.84. The first kappa shape index (κ1) is 13.4. The van der Waals surface area contributed by atoms with E-state index in [1.807, 2.05) is 32.3 Å². The van der Waals surface area contributed by atoms with Gasteiger partial charge >= 0.3 is 0 Å². The number of hydrogen-bond acceptors (Lipinski definition) is 5. The number of aromatic nitrogens is 2. The molecule has 2 rings (SSSR count). The third-order valence-electron chi connectivity index (χ3n) is 2.68. The lowest BCUT2D eigenvalue weighted by Gasteiger charge is -2.17. The van der Waals surface area contributed by atoms with Gasteiger partial charge in [0, 0.05) is 31.5 Å². The predicted molar refractivity (Wildman–Crippen MR) is 80.2 cm³/mol. The van der Waals surface area contributed by atoms with Crippen molar-refractivity contribution >= 4 is 34.7 Å². The van der Waals surface area contributed by atoms with Crippen LogP contribution in [-0.2, 0) is 0 Å². The van der Waals surface area contributed by atoms with Crippen molar-refractivity contribution in [3.8, 4) is 0 Å². The van der Waals surface area contributed by atoms with E-state index in [-0.39, 0.29) is 5.95 Å². The van der Waals surface area contributed by atoms with Gasteiger partial charge in [0.25, 0.3) is 0 Å². The zero-order valence-corrected chi connectivity index (χ0v) is 11.9. The summed E-state index contributed by atoms with van der Waals surface area (Å²) < 4.78 is 0. The van der Waals surface area contributed by atoms with E-state index in [1.165, 1.54) is 5.56 Å². The quantitative estimate of drug-likeness (QED) is 0.845. The highest BCUT2D eigenvalue weighted by Gasteiger charge is 2.05. The summed E-state index contributed by atoms with van der Waals surface area (Å²) in [6.07, 6.45) is 0. The first-order chi connectivity index (χ1) is 8.95. The van der Waals surface area contributed by atoms with Crippen LogP contribution in [0.15, 0.2) is 24.3 Å². The minimum atomic E-state index is 0.148. The molecule has 0 atom stereocenters. The van der Waals surface area contributed by atoms with Crippen LogP contribution in [0.25, 0.3) is 0 Å². The van der Waals surface area contributed by atoms with Crippen molar-refractivity contribution in [3.05, 3.63) is 35.0 Å². The van der Waals surface area contributed by atoms with Crippen molar-refractivity contribution in [2.75, 3.05) is 30.0 Å². The third kappa shape index (κ3) is 3.26. The normalized spacial score (nSPS) is 10.3. The van der Waals surface area contributed by atoms with E-state index in [1.54, 1.807) is 6.07 Å². The van der Waals surface area contributed by atoms with Crippen molar-refractivity contribution in [1.82, 2.24) is 9.97 Å². The van der Waals surface area contributed by atoms with E-state index in [4.69, 9.17) is 17.3 Å². The molecule has 0 bridgehead atoms. The molecule has 0 spiro atoms. The van der Waals surface area contributed by atoms with E-state index < -0.39 is 0 Å². The molecule has 2 aromatic rings. The fourth-order valence-corrected chi connectivity index (χ4v) is 2.01. The smallest absolute Gasteiger partial charge is 0.223 e. The minimum Gasteiger partial charge on any atom is -0.377 e. The number of nitrogens with zero attached hydrogens (tertiary/aromatic N) is 3. The molecule has 0 saturated carbocycles. The Balaban J connectivity index is 2.30. The Morgan fingerprint density at radius 3 is 2.58 bits per heavy atom. The number of halogens is 1. The van der Waals surface area contributed by atoms with Crippen molar-refractivity contribution in [3.63, 3.8) is 0 Å². The summed E-state index contributed by atoms with van der Waals surface area (Å²) in [6.45, 7) is 2.07. The lowest BCUT2D eigenvalue weighted by Crippen LogP contribution is -2.10. The molecule has 100 valence electrons. The highest BCUT2D eigenvalue weighted by atomic mass is 35.5. The second-order valence-electron chi connectivity index (χ2n) is 4.45. The first-order valence-electron chi connectivity index (χ1n) is 5.81. The van der Waals surface area contributed by atoms with Crippen LogP contribution < -0.4 is 16.0 Å². The molecule has 6 heteroatoms. The van der Waals surface area contributed by atoms with Crippen LogP contribution >= 0.6 is 11.6 Å². The Bertz CT molecular complexity index is 577. The molecule has 0 unspecified atom stereocenters. The molecule has 1 aromatic carbocycles. The first-order valence-corrected chi connectivity index (χ1v) is 6.18. The summed E-state index contributed by atoms with van der Waals surface area (Å²) in [5.74, 6) is 0.723. The summed E-state index contributed by atoms with van der Waals surface area (Å²) in [4.78, 5) is 9.96. The molecular formula is C13H16ClN5. The molecule has 19 heavy (non-hydrogen) atoms. The topological polar surface area (TPSA) is 67.1 Å². The number of nitrogen functional groups attached to an aromatic ring is 1. The van der Waals surface area contributed by atoms with Gasteiger partial charge in [-0.25, -0.2) is 4.98 Å². The molecule has 0 saturated heterocycles. The molecule has 0 aliphatic rings. The van der Waals surface area contributed by atoms with Gasteiger partial charge in [0.05, 0.1) is 0 Å². The number of rotatable bonds is 3. The molecule has 0 radical (unpaired) electrons. The van der Waals surface area contributed by atoms with Crippen LogP contribution in [-0.4, -0.2) is 24.1 Å². The third-order valence-corrected chi connectivity index (χ3v) is 2.87. The maximum Gasteiger partial charge on any atom is 0.223 e. The van der Waals surface area contributed by atoms with Gasteiger partial charge in [0.1, 0.15) is 11.0 Å². The van der Waals surface area contributed by atoms with Gasteiger partial charge in [0.2, 0.25) is 5.95 Å². The Kier molecular flexibility index (Phi) is 3.76.